The van der Waals surface area contributed by atoms with Gasteiger partial charge in [-0.3, -0.25) is 4.79 Å². The summed E-state index contributed by atoms with van der Waals surface area (Å²) in [7, 11) is 0. The second kappa shape index (κ2) is 9.57. The third kappa shape index (κ3) is 6.23. The van der Waals surface area contributed by atoms with Gasteiger partial charge in [0.2, 0.25) is 5.91 Å². The molecule has 0 aliphatic rings. The Kier molecular flexibility index (Phi) is 7.42. The van der Waals surface area contributed by atoms with Crippen molar-refractivity contribution < 1.29 is 14.3 Å². The number of rotatable bonds is 9. The third-order valence-corrected chi connectivity index (χ3v) is 4.73. The van der Waals surface area contributed by atoms with Crippen molar-refractivity contribution in [3.8, 4) is 11.5 Å². The molecule has 124 valence electrons. The van der Waals surface area contributed by atoms with Crippen LogP contribution in [0.4, 0.5) is 0 Å². The Morgan fingerprint density at radius 1 is 1.26 bits per heavy atom. The summed E-state index contributed by atoms with van der Waals surface area (Å²) in [6, 6.07) is 9.58. The zero-order valence-corrected chi connectivity index (χ0v) is 15.4. The number of halogens is 1. The van der Waals surface area contributed by atoms with E-state index in [0.29, 0.717) is 32.6 Å². The molecule has 0 spiro atoms. The molecule has 0 fully saturated rings. The molecule has 23 heavy (non-hydrogen) atoms. The molecular weight excluding hydrogens is 378 g/mol. The summed E-state index contributed by atoms with van der Waals surface area (Å²) >= 11 is 5.02. The highest BCUT2D eigenvalue weighted by molar-refractivity contribution is 9.10. The van der Waals surface area contributed by atoms with Gasteiger partial charge < -0.3 is 14.8 Å². The highest BCUT2D eigenvalue weighted by Crippen LogP contribution is 2.26. The average molecular weight is 398 g/mol. The van der Waals surface area contributed by atoms with E-state index in [1.807, 2.05) is 42.6 Å². The van der Waals surface area contributed by atoms with Crippen molar-refractivity contribution in [2.75, 3.05) is 13.2 Å². The molecule has 0 saturated carbocycles. The van der Waals surface area contributed by atoms with Crippen LogP contribution in [-0.4, -0.2) is 19.1 Å². The quantitative estimate of drug-likeness (QED) is 0.638. The zero-order chi connectivity index (χ0) is 16.5. The fourth-order valence-corrected chi connectivity index (χ4v) is 3.37. The van der Waals surface area contributed by atoms with Crippen molar-refractivity contribution in [1.82, 2.24) is 5.32 Å². The summed E-state index contributed by atoms with van der Waals surface area (Å²) in [4.78, 5) is 12.9. The number of amides is 1. The minimum atomic E-state index is 0.0382. The highest BCUT2D eigenvalue weighted by atomic mass is 79.9. The molecule has 1 N–H and O–H groups in total. The van der Waals surface area contributed by atoms with Gasteiger partial charge in [-0.05, 0) is 47.5 Å². The van der Waals surface area contributed by atoms with E-state index in [0.717, 1.165) is 20.8 Å². The Morgan fingerprint density at radius 3 is 2.65 bits per heavy atom. The Morgan fingerprint density at radius 2 is 2.00 bits per heavy atom. The molecule has 0 aliphatic heterocycles. The van der Waals surface area contributed by atoms with E-state index in [4.69, 9.17) is 9.47 Å². The first-order chi connectivity index (χ1) is 11.2. The van der Waals surface area contributed by atoms with Gasteiger partial charge >= 0.3 is 0 Å². The van der Waals surface area contributed by atoms with Gasteiger partial charge in [0.05, 0.1) is 19.8 Å². The highest BCUT2D eigenvalue weighted by Gasteiger charge is 2.05. The monoisotopic (exact) mass is 397 g/mol. The smallest absolute Gasteiger partial charge is 0.220 e. The minimum Gasteiger partial charge on any atom is -0.490 e. The van der Waals surface area contributed by atoms with Gasteiger partial charge in [-0.2, -0.15) is 0 Å². The molecule has 2 rings (SSSR count). The molecule has 1 heterocycles. The summed E-state index contributed by atoms with van der Waals surface area (Å²) in [6.07, 6.45) is 1.11. The minimum absolute atomic E-state index is 0.0382. The van der Waals surface area contributed by atoms with E-state index in [1.165, 1.54) is 0 Å². The molecule has 1 amide bonds. The number of hydrogen-bond acceptors (Lipinski definition) is 4. The van der Waals surface area contributed by atoms with Crippen LogP contribution in [0.3, 0.4) is 0 Å². The van der Waals surface area contributed by atoms with Gasteiger partial charge in [0.15, 0.2) is 11.5 Å². The second-order valence-corrected chi connectivity index (χ2v) is 6.75. The molecule has 1 aromatic heterocycles. The van der Waals surface area contributed by atoms with Crippen molar-refractivity contribution in [3.63, 3.8) is 0 Å². The van der Waals surface area contributed by atoms with Crippen LogP contribution in [0.2, 0.25) is 0 Å². The van der Waals surface area contributed by atoms with Gasteiger partial charge in [-0.1, -0.05) is 12.1 Å². The maximum atomic E-state index is 11.8. The van der Waals surface area contributed by atoms with E-state index in [2.05, 4.69) is 21.2 Å². The number of ether oxygens (including phenoxy) is 2. The first kappa shape index (κ1) is 17.8. The van der Waals surface area contributed by atoms with Crippen LogP contribution >= 0.6 is 27.3 Å². The van der Waals surface area contributed by atoms with E-state index in [1.54, 1.807) is 11.3 Å². The summed E-state index contributed by atoms with van der Waals surface area (Å²) in [5, 5.41) is 4.92. The molecule has 0 atom stereocenters. The standard InChI is InChI=1S/C17H20BrNO3S/c1-2-21-15-6-3-4-7-16(15)22-9-5-8-17(20)19-11-14-10-13(18)12-23-14/h3-4,6-7,10,12H,2,5,8-9,11H2,1H3,(H,19,20). The maximum Gasteiger partial charge on any atom is 0.220 e. The topological polar surface area (TPSA) is 47.6 Å². The first-order valence-electron chi connectivity index (χ1n) is 7.53. The summed E-state index contributed by atoms with van der Waals surface area (Å²) < 4.78 is 12.2. The lowest BCUT2D eigenvalue weighted by atomic mass is 10.3. The van der Waals surface area contributed by atoms with Crippen LogP contribution in [-0.2, 0) is 11.3 Å². The Bertz CT molecular complexity index is 630. The second-order valence-electron chi connectivity index (χ2n) is 4.84. The van der Waals surface area contributed by atoms with Gasteiger partial charge in [0, 0.05) is 21.2 Å². The van der Waals surface area contributed by atoms with E-state index in [9.17, 15) is 4.79 Å². The van der Waals surface area contributed by atoms with Crippen molar-refractivity contribution in [1.29, 1.82) is 0 Å². The van der Waals surface area contributed by atoms with Crippen LogP contribution in [0.25, 0.3) is 0 Å². The van der Waals surface area contributed by atoms with Gasteiger partial charge in [-0.15, -0.1) is 11.3 Å². The molecule has 6 heteroatoms. The van der Waals surface area contributed by atoms with Gasteiger partial charge in [0.25, 0.3) is 0 Å². The van der Waals surface area contributed by atoms with Crippen molar-refractivity contribution in [3.05, 3.63) is 45.1 Å². The first-order valence-corrected chi connectivity index (χ1v) is 9.20. The van der Waals surface area contributed by atoms with E-state index >= 15 is 0 Å². The lowest BCUT2D eigenvalue weighted by Gasteiger charge is -2.11. The van der Waals surface area contributed by atoms with Crippen LogP contribution in [0.5, 0.6) is 11.5 Å². The van der Waals surface area contributed by atoms with E-state index in [-0.39, 0.29) is 5.91 Å². The number of thiophene rings is 1. The number of nitrogens with one attached hydrogen (secondary N) is 1. The Balaban J connectivity index is 1.66. The summed E-state index contributed by atoms with van der Waals surface area (Å²) in [5.74, 6) is 1.50. The molecule has 0 aliphatic carbocycles. The fraction of sp³-hybridized carbons (Fsp3) is 0.353. The molecular formula is C17H20BrNO3S. The molecule has 0 bridgehead atoms. The van der Waals surface area contributed by atoms with Crippen LogP contribution in [0.1, 0.15) is 24.6 Å². The van der Waals surface area contributed by atoms with E-state index < -0.39 is 0 Å². The predicted octanol–water partition coefficient (Wildman–Crippen LogP) is 4.38. The summed E-state index contributed by atoms with van der Waals surface area (Å²) in [5.41, 5.74) is 0. The third-order valence-electron chi connectivity index (χ3n) is 3.04. The molecule has 0 radical (unpaired) electrons. The van der Waals surface area contributed by atoms with Gasteiger partial charge in [-0.25, -0.2) is 0 Å². The number of benzene rings is 1. The average Bonchev–Trinajstić information content (AvgIpc) is 2.97. The number of carbonyl (C=O) groups is 1. The largest absolute Gasteiger partial charge is 0.490 e. The Labute approximate surface area is 148 Å². The van der Waals surface area contributed by atoms with Crippen LogP contribution in [0.15, 0.2) is 40.2 Å². The van der Waals surface area contributed by atoms with Crippen molar-refractivity contribution >= 4 is 33.2 Å². The number of carbonyl (C=O) groups excluding carboxylic acids is 1. The van der Waals surface area contributed by atoms with Crippen LogP contribution in [0, 0.1) is 0 Å². The summed E-state index contributed by atoms with van der Waals surface area (Å²) in [6.45, 7) is 3.60. The van der Waals surface area contributed by atoms with Crippen molar-refractivity contribution in [2.45, 2.75) is 26.3 Å². The number of hydrogen-bond donors (Lipinski definition) is 1. The lowest BCUT2D eigenvalue weighted by Crippen LogP contribution is -2.22. The molecule has 1 aromatic carbocycles. The molecule has 0 unspecified atom stereocenters. The molecule has 0 saturated heterocycles. The fourth-order valence-electron chi connectivity index (χ4n) is 1.98. The molecule has 4 nitrogen and oxygen atoms in total. The van der Waals surface area contributed by atoms with Crippen LogP contribution < -0.4 is 14.8 Å². The normalized spacial score (nSPS) is 10.3. The Hall–Kier alpha value is -1.53. The molecule has 2 aromatic rings. The lowest BCUT2D eigenvalue weighted by molar-refractivity contribution is -0.121. The maximum absolute atomic E-state index is 11.8. The van der Waals surface area contributed by atoms with Crippen molar-refractivity contribution in [2.24, 2.45) is 0 Å². The zero-order valence-electron chi connectivity index (χ0n) is 13.0. The number of para-hydroxylation sites is 2. The SMILES string of the molecule is CCOc1ccccc1OCCCC(=O)NCc1cc(Br)cs1. The van der Waals surface area contributed by atoms with Gasteiger partial charge in [0.1, 0.15) is 0 Å². The predicted molar refractivity (Wildman–Crippen MR) is 96.2 cm³/mol.